The molecule has 1 fully saturated rings. The molecule has 0 saturated carbocycles. The van der Waals surface area contributed by atoms with Crippen LogP contribution >= 0.6 is 0 Å². The number of fused-ring (bicyclic) bond motifs is 2. The molecule has 0 spiro atoms. The zero-order valence-electron chi connectivity index (χ0n) is 20.2. The van der Waals surface area contributed by atoms with Crippen LogP contribution in [-0.4, -0.2) is 41.4 Å². The third-order valence-electron chi connectivity index (χ3n) is 7.70. The zero-order valence-corrected chi connectivity index (χ0v) is 20.2. The number of ether oxygens (including phenoxy) is 1. The summed E-state index contributed by atoms with van der Waals surface area (Å²) in [5.74, 6) is 0.974. The molecule has 1 atom stereocenters. The smallest absolute Gasteiger partial charge is 0.254 e. The van der Waals surface area contributed by atoms with E-state index in [9.17, 15) is 4.79 Å². The number of nitrogens with zero attached hydrogens (tertiary/aromatic N) is 2. The fraction of sp³-hybridized carbons (Fsp3) is 0.367. The van der Waals surface area contributed by atoms with Crippen LogP contribution in [0, 0.1) is 0 Å². The highest BCUT2D eigenvalue weighted by Crippen LogP contribution is 2.33. The van der Waals surface area contributed by atoms with Crippen molar-refractivity contribution in [1.82, 2.24) is 15.1 Å². The first kappa shape index (κ1) is 22.3. The number of piperidine rings is 1. The Labute approximate surface area is 207 Å². The lowest BCUT2D eigenvalue weighted by Crippen LogP contribution is -2.46. The van der Waals surface area contributed by atoms with Crippen molar-refractivity contribution in [3.63, 3.8) is 0 Å². The van der Waals surface area contributed by atoms with Crippen LogP contribution in [0.2, 0.25) is 0 Å². The third-order valence-corrected chi connectivity index (χ3v) is 7.70. The molecule has 0 aromatic heterocycles. The lowest BCUT2D eigenvalue weighted by atomic mass is 9.99. The van der Waals surface area contributed by atoms with E-state index in [2.05, 4.69) is 58.7 Å². The van der Waals surface area contributed by atoms with Crippen molar-refractivity contribution in [2.24, 2.45) is 0 Å². The van der Waals surface area contributed by atoms with Gasteiger partial charge in [-0.3, -0.25) is 9.69 Å². The molecular weight excluding hydrogens is 434 g/mol. The van der Waals surface area contributed by atoms with Crippen molar-refractivity contribution in [3.8, 4) is 5.75 Å². The van der Waals surface area contributed by atoms with Crippen molar-refractivity contribution in [3.05, 3.63) is 100 Å². The first-order chi connectivity index (χ1) is 17.2. The number of amides is 1. The zero-order chi connectivity index (χ0) is 23.6. The predicted octanol–water partition coefficient (Wildman–Crippen LogP) is 4.53. The second-order valence-electron chi connectivity index (χ2n) is 10.1. The number of hydrogen-bond acceptors (Lipinski definition) is 4. The standard InChI is InChI=1S/C30H33N3O2/c34-30-27-8-3-9-29(28(27)20-33(30)26-7-4-15-31-17-26)35-21-23-12-10-22(11-13-23)18-32-16-14-24-5-1-2-6-25(24)19-32/h1-3,5-6,8-13,26,31H,4,7,14-21H2. The molecule has 5 nitrogen and oxygen atoms in total. The summed E-state index contributed by atoms with van der Waals surface area (Å²) in [6, 6.07) is 23.7. The van der Waals surface area contributed by atoms with Gasteiger partial charge < -0.3 is 15.0 Å². The molecule has 180 valence electrons. The van der Waals surface area contributed by atoms with Gasteiger partial charge in [0, 0.05) is 43.3 Å². The first-order valence-corrected chi connectivity index (χ1v) is 12.9. The molecule has 3 heterocycles. The van der Waals surface area contributed by atoms with E-state index < -0.39 is 0 Å². The maximum absolute atomic E-state index is 13.0. The van der Waals surface area contributed by atoms with E-state index in [0.717, 1.165) is 74.4 Å². The van der Waals surface area contributed by atoms with Crippen LogP contribution in [0.4, 0.5) is 0 Å². The van der Waals surface area contributed by atoms with Gasteiger partial charge in [0.2, 0.25) is 0 Å². The van der Waals surface area contributed by atoms with E-state index in [-0.39, 0.29) is 11.9 Å². The molecule has 5 heteroatoms. The average molecular weight is 468 g/mol. The summed E-state index contributed by atoms with van der Waals surface area (Å²) in [6.07, 6.45) is 3.31. The van der Waals surface area contributed by atoms with Crippen LogP contribution < -0.4 is 10.1 Å². The number of carbonyl (C=O) groups excluding carboxylic acids is 1. The molecule has 35 heavy (non-hydrogen) atoms. The van der Waals surface area contributed by atoms with E-state index in [0.29, 0.717) is 13.2 Å². The Balaban J connectivity index is 1.07. The van der Waals surface area contributed by atoms with Crippen LogP contribution in [0.5, 0.6) is 5.75 Å². The molecule has 3 aliphatic rings. The van der Waals surface area contributed by atoms with E-state index in [4.69, 9.17) is 4.74 Å². The lowest BCUT2D eigenvalue weighted by Gasteiger charge is -2.31. The van der Waals surface area contributed by atoms with Crippen LogP contribution in [0.25, 0.3) is 0 Å². The van der Waals surface area contributed by atoms with Crippen molar-refractivity contribution in [1.29, 1.82) is 0 Å². The summed E-state index contributed by atoms with van der Waals surface area (Å²) < 4.78 is 6.24. The van der Waals surface area contributed by atoms with Gasteiger partial charge >= 0.3 is 0 Å². The Hall–Kier alpha value is -3.15. The van der Waals surface area contributed by atoms with Crippen molar-refractivity contribution < 1.29 is 9.53 Å². The van der Waals surface area contributed by atoms with Crippen molar-refractivity contribution in [2.75, 3.05) is 19.6 Å². The maximum atomic E-state index is 13.0. The Morgan fingerprint density at radius 3 is 2.57 bits per heavy atom. The SMILES string of the molecule is O=C1c2cccc(OCc3ccc(CN4CCc5ccccc5C4)cc3)c2CN1C1CCCNC1. The van der Waals surface area contributed by atoms with Crippen molar-refractivity contribution in [2.45, 2.75) is 51.5 Å². The number of rotatable bonds is 6. The minimum absolute atomic E-state index is 0.142. The fourth-order valence-corrected chi connectivity index (χ4v) is 5.70. The summed E-state index contributed by atoms with van der Waals surface area (Å²) in [5, 5.41) is 3.43. The summed E-state index contributed by atoms with van der Waals surface area (Å²) in [6.45, 7) is 6.18. The molecular formula is C30H33N3O2. The van der Waals surface area contributed by atoms with Gasteiger partial charge in [-0.1, -0.05) is 54.6 Å². The average Bonchev–Trinajstić information content (AvgIpc) is 3.26. The highest BCUT2D eigenvalue weighted by atomic mass is 16.5. The normalized spacial score (nSPS) is 19.9. The molecule has 1 amide bonds. The van der Waals surface area contributed by atoms with Gasteiger partial charge in [0.05, 0.1) is 6.54 Å². The van der Waals surface area contributed by atoms with Crippen LogP contribution in [0.1, 0.15) is 51.0 Å². The highest BCUT2D eigenvalue weighted by molar-refractivity contribution is 5.99. The van der Waals surface area contributed by atoms with Crippen molar-refractivity contribution >= 4 is 5.91 Å². The third kappa shape index (κ3) is 4.71. The number of carbonyl (C=O) groups is 1. The van der Waals surface area contributed by atoms with Crippen LogP contribution in [0.3, 0.4) is 0 Å². The number of nitrogens with one attached hydrogen (secondary N) is 1. The Kier molecular flexibility index (Phi) is 6.28. The van der Waals surface area contributed by atoms with E-state index in [1.165, 1.54) is 16.7 Å². The molecule has 1 unspecified atom stereocenters. The Morgan fingerprint density at radius 1 is 0.914 bits per heavy atom. The molecule has 1 saturated heterocycles. The first-order valence-electron chi connectivity index (χ1n) is 12.9. The lowest BCUT2D eigenvalue weighted by molar-refractivity contribution is 0.0674. The van der Waals surface area contributed by atoms with Crippen LogP contribution in [0.15, 0.2) is 66.7 Å². The molecule has 6 rings (SSSR count). The summed E-state index contributed by atoms with van der Waals surface area (Å²) in [7, 11) is 0. The summed E-state index contributed by atoms with van der Waals surface area (Å²) >= 11 is 0. The molecule has 0 radical (unpaired) electrons. The van der Waals surface area contributed by atoms with Gasteiger partial charge in [0.15, 0.2) is 0 Å². The fourth-order valence-electron chi connectivity index (χ4n) is 5.70. The van der Waals surface area contributed by atoms with E-state index in [1.54, 1.807) is 0 Å². The minimum Gasteiger partial charge on any atom is -0.489 e. The second kappa shape index (κ2) is 9.84. The molecule has 1 N–H and O–H groups in total. The molecule has 0 aliphatic carbocycles. The minimum atomic E-state index is 0.142. The molecule has 3 aromatic carbocycles. The van der Waals surface area contributed by atoms with Gasteiger partial charge in [-0.2, -0.15) is 0 Å². The second-order valence-corrected chi connectivity index (χ2v) is 10.1. The Bertz CT molecular complexity index is 1200. The highest BCUT2D eigenvalue weighted by Gasteiger charge is 2.35. The largest absolute Gasteiger partial charge is 0.489 e. The predicted molar refractivity (Wildman–Crippen MR) is 137 cm³/mol. The monoisotopic (exact) mass is 467 g/mol. The number of hydrogen-bond donors (Lipinski definition) is 1. The van der Waals surface area contributed by atoms with E-state index >= 15 is 0 Å². The Morgan fingerprint density at radius 2 is 1.74 bits per heavy atom. The topological polar surface area (TPSA) is 44.8 Å². The van der Waals surface area contributed by atoms with Crippen LogP contribution in [-0.2, 0) is 32.7 Å². The number of benzene rings is 3. The van der Waals surface area contributed by atoms with E-state index in [1.807, 2.05) is 23.1 Å². The molecule has 3 aliphatic heterocycles. The summed E-state index contributed by atoms with van der Waals surface area (Å²) in [4.78, 5) is 17.6. The van der Waals surface area contributed by atoms with Gasteiger partial charge in [-0.15, -0.1) is 0 Å². The quantitative estimate of drug-likeness (QED) is 0.579. The summed E-state index contributed by atoms with van der Waals surface area (Å²) in [5.41, 5.74) is 7.25. The van der Waals surface area contributed by atoms with Gasteiger partial charge in [-0.25, -0.2) is 0 Å². The molecule has 0 bridgehead atoms. The van der Waals surface area contributed by atoms with Gasteiger partial charge in [-0.05, 0) is 60.2 Å². The van der Waals surface area contributed by atoms with Gasteiger partial charge in [0.25, 0.3) is 5.91 Å². The maximum Gasteiger partial charge on any atom is 0.254 e. The van der Waals surface area contributed by atoms with Gasteiger partial charge in [0.1, 0.15) is 12.4 Å². The molecule has 3 aromatic rings.